The zero-order valence-electron chi connectivity index (χ0n) is 56.7. The maximum atomic E-state index is 2.64. The van der Waals surface area contributed by atoms with Crippen molar-refractivity contribution in [1.82, 2.24) is 4.57 Å². The lowest BCUT2D eigenvalue weighted by Crippen LogP contribution is -2.14. The first kappa shape index (κ1) is 60.2. The monoisotopic (exact) mass is 1170 g/mol. The number of benzene rings is 12. The smallest absolute Gasteiger partial charge is 0.0618 e. The minimum Gasteiger partial charge on any atom is -0.309 e. The van der Waals surface area contributed by atoms with Crippen molar-refractivity contribution < 1.29 is 0 Å². The van der Waals surface area contributed by atoms with Crippen molar-refractivity contribution in [3.8, 4) is 50.2 Å². The maximum Gasteiger partial charge on any atom is 0.0618 e. The minimum atomic E-state index is -0.00817. The predicted molar refractivity (Wildman–Crippen MR) is 393 cm³/mol. The van der Waals surface area contributed by atoms with Gasteiger partial charge in [-0.15, -0.1) is 0 Å². The average molecular weight is 1180 g/mol. The molecule has 0 saturated heterocycles. The normalized spacial score (nSPS) is 13.0. The topological polar surface area (TPSA) is 8.17 Å². The van der Waals surface area contributed by atoms with E-state index in [0.717, 1.165) is 39.3 Å². The van der Waals surface area contributed by atoms with Gasteiger partial charge in [0.25, 0.3) is 0 Å². The van der Waals surface area contributed by atoms with E-state index in [1.54, 1.807) is 0 Å². The van der Waals surface area contributed by atoms with Gasteiger partial charge >= 0.3 is 0 Å². The number of para-hydroxylation sites is 1. The van der Waals surface area contributed by atoms with Crippen molar-refractivity contribution in [1.29, 1.82) is 0 Å². The zero-order chi connectivity index (χ0) is 63.8. The Morgan fingerprint density at radius 3 is 1.01 bits per heavy atom. The van der Waals surface area contributed by atoms with Gasteiger partial charge in [-0.1, -0.05) is 288 Å². The number of hydrogen-bond donors (Lipinski definition) is 0. The summed E-state index contributed by atoms with van der Waals surface area (Å²) in [5.74, 6) is 0. The Morgan fingerprint density at radius 1 is 0.267 bits per heavy atom. The van der Waals surface area contributed by atoms with Gasteiger partial charge in [0.1, 0.15) is 0 Å². The van der Waals surface area contributed by atoms with Crippen LogP contribution in [0, 0.1) is 0 Å². The molecule has 0 radical (unpaired) electrons. The molecule has 1 aromatic heterocycles. The second kappa shape index (κ2) is 21.5. The van der Waals surface area contributed by atoms with E-state index in [-0.39, 0.29) is 32.5 Å². The average Bonchev–Trinajstić information content (AvgIpc) is 1.22. The number of fused-ring (bicyclic) bond motifs is 3. The van der Waals surface area contributed by atoms with Gasteiger partial charge in [-0.2, -0.15) is 0 Å². The van der Waals surface area contributed by atoms with E-state index in [0.29, 0.717) is 0 Å². The number of anilines is 3. The molecule has 0 unspecified atom stereocenters. The summed E-state index contributed by atoms with van der Waals surface area (Å²) in [4.78, 5) is 2.64. The minimum absolute atomic E-state index is 0.00380. The predicted octanol–water partition coefficient (Wildman–Crippen LogP) is 25.6. The van der Waals surface area contributed by atoms with E-state index in [2.05, 4.69) is 352 Å². The second-order valence-corrected chi connectivity index (χ2v) is 32.0. The molecule has 13 rings (SSSR count). The summed E-state index contributed by atoms with van der Waals surface area (Å²) < 4.78 is 2.55. The number of rotatable bonds is 8. The van der Waals surface area contributed by atoms with E-state index in [1.165, 1.54) is 115 Å². The standard InChI is InChI=1S/C88H90N2/c1-83(2,3)63-34-22-55(23-35-63)61-50-62(56-24-36-64(37-25-56)84(4,5)6)52-69(51-61)89(82-70(57-26-38-65(39-27-57)85(7,8)9)20-19-21-71(82)58-28-40-66(41-29-58)86(10,11)12)76-46-32-59-31-45-73-77(47-33-60-30-44-72(76)80(59)81(60)73)90-78-48-42-67(87(13,14)15)53-74(78)75-54-68(88(16,17)18)43-49-79(75)90/h19-54H,1-18H3. The second-order valence-electron chi connectivity index (χ2n) is 32.0. The molecule has 0 N–H and O–H groups in total. The van der Waals surface area contributed by atoms with E-state index in [4.69, 9.17) is 0 Å². The van der Waals surface area contributed by atoms with Crippen molar-refractivity contribution in [3.05, 3.63) is 252 Å². The van der Waals surface area contributed by atoms with Crippen LogP contribution in [0.5, 0.6) is 0 Å². The molecule has 0 bridgehead atoms. The number of aromatic nitrogens is 1. The van der Waals surface area contributed by atoms with Gasteiger partial charge in [0.15, 0.2) is 0 Å². The van der Waals surface area contributed by atoms with Crippen molar-refractivity contribution in [3.63, 3.8) is 0 Å². The van der Waals surface area contributed by atoms with Crippen LogP contribution in [-0.2, 0) is 32.5 Å². The van der Waals surface area contributed by atoms with Crippen LogP contribution < -0.4 is 4.90 Å². The molecule has 0 aliphatic heterocycles. The van der Waals surface area contributed by atoms with Gasteiger partial charge in [-0.25, -0.2) is 0 Å². The molecule has 0 atom stereocenters. The highest BCUT2D eigenvalue weighted by atomic mass is 15.1. The molecule has 1 heterocycles. The summed E-state index contributed by atoms with van der Waals surface area (Å²) in [6, 6.07) is 85.2. The van der Waals surface area contributed by atoms with Gasteiger partial charge in [0.05, 0.1) is 28.1 Å². The van der Waals surface area contributed by atoms with Crippen LogP contribution in [0.1, 0.15) is 158 Å². The van der Waals surface area contributed by atoms with E-state index >= 15 is 0 Å². The van der Waals surface area contributed by atoms with Gasteiger partial charge in [-0.3, -0.25) is 0 Å². The maximum absolute atomic E-state index is 2.64. The zero-order valence-corrected chi connectivity index (χ0v) is 56.7. The fraction of sp³-hybridized carbons (Fsp3) is 0.273. The van der Waals surface area contributed by atoms with Crippen LogP contribution in [0.3, 0.4) is 0 Å². The molecule has 2 nitrogen and oxygen atoms in total. The molecule has 0 spiro atoms. The Kier molecular flexibility index (Phi) is 14.4. The molecule has 90 heavy (non-hydrogen) atoms. The third-order valence-corrected chi connectivity index (χ3v) is 19.3. The Hall–Kier alpha value is -8.72. The van der Waals surface area contributed by atoms with Gasteiger partial charge in [0, 0.05) is 38.4 Å². The summed E-state index contributed by atoms with van der Waals surface area (Å²) in [6.45, 7) is 41.6. The lowest BCUT2D eigenvalue weighted by Gasteiger charge is -2.33. The SMILES string of the molecule is CC(C)(C)c1ccc(-c2cc(-c3ccc(C(C)(C)C)cc3)cc(N(c3c(-c4ccc(C(C)(C)C)cc4)cccc3-c3ccc(C(C)(C)C)cc3)c3ccc4ccc5c(-n6c7ccc(C(C)(C)C)cc7c7cc(C(C)(C)C)ccc76)ccc6ccc3c4c65)c2)cc1. The van der Waals surface area contributed by atoms with Crippen LogP contribution in [0.2, 0.25) is 0 Å². The molecule has 0 amide bonds. The van der Waals surface area contributed by atoms with Gasteiger partial charge in [-0.05, 0) is 175 Å². The molecule has 0 saturated carbocycles. The molecule has 0 aliphatic rings. The summed E-state index contributed by atoms with van der Waals surface area (Å²) >= 11 is 0. The molecule has 2 heteroatoms. The summed E-state index contributed by atoms with van der Waals surface area (Å²) in [6.07, 6.45) is 0. The van der Waals surface area contributed by atoms with E-state index < -0.39 is 0 Å². The lowest BCUT2D eigenvalue weighted by molar-refractivity contribution is 0.590. The van der Waals surface area contributed by atoms with Crippen LogP contribution >= 0.6 is 0 Å². The third kappa shape index (κ3) is 10.9. The van der Waals surface area contributed by atoms with Crippen molar-refractivity contribution in [2.75, 3.05) is 4.90 Å². The molecular formula is C88H90N2. The molecule has 452 valence electrons. The van der Waals surface area contributed by atoms with Crippen molar-refractivity contribution in [2.45, 2.75) is 157 Å². The first-order valence-corrected chi connectivity index (χ1v) is 32.7. The fourth-order valence-corrected chi connectivity index (χ4v) is 13.7. The molecule has 13 aromatic rings. The van der Waals surface area contributed by atoms with Crippen LogP contribution in [0.15, 0.2) is 218 Å². The quantitative estimate of drug-likeness (QED) is 0.138. The fourth-order valence-electron chi connectivity index (χ4n) is 13.7. The van der Waals surface area contributed by atoms with E-state index in [9.17, 15) is 0 Å². The summed E-state index contributed by atoms with van der Waals surface area (Å²) in [5.41, 5.74) is 24.2. The molecule has 0 aliphatic carbocycles. The first-order chi connectivity index (χ1) is 42.4. The molecular weight excluding hydrogens is 1080 g/mol. The third-order valence-electron chi connectivity index (χ3n) is 19.3. The highest BCUT2D eigenvalue weighted by Crippen LogP contribution is 2.53. The number of nitrogens with zero attached hydrogens (tertiary/aromatic N) is 2. The molecule has 12 aromatic carbocycles. The van der Waals surface area contributed by atoms with Crippen molar-refractivity contribution in [2.24, 2.45) is 0 Å². The number of hydrogen-bond acceptors (Lipinski definition) is 1. The highest BCUT2D eigenvalue weighted by molar-refractivity contribution is 6.28. The van der Waals surface area contributed by atoms with Crippen molar-refractivity contribution >= 4 is 71.2 Å². The molecule has 0 fully saturated rings. The Bertz CT molecular complexity index is 4640. The van der Waals surface area contributed by atoms with Gasteiger partial charge in [0.2, 0.25) is 0 Å². The van der Waals surface area contributed by atoms with Crippen LogP contribution in [-0.4, -0.2) is 4.57 Å². The summed E-state index contributed by atoms with van der Waals surface area (Å²) in [5, 5.41) is 9.97. The van der Waals surface area contributed by atoms with Gasteiger partial charge < -0.3 is 9.47 Å². The Morgan fingerprint density at radius 2 is 0.611 bits per heavy atom. The van der Waals surface area contributed by atoms with E-state index in [1.807, 2.05) is 0 Å². The Balaban J connectivity index is 1.14. The first-order valence-electron chi connectivity index (χ1n) is 32.7. The Labute approximate surface area is 536 Å². The lowest BCUT2D eigenvalue weighted by atomic mass is 9.84. The van der Waals surface area contributed by atoms with Crippen LogP contribution in [0.4, 0.5) is 17.1 Å². The largest absolute Gasteiger partial charge is 0.309 e. The van der Waals surface area contributed by atoms with Crippen LogP contribution in [0.25, 0.3) is 104 Å². The highest BCUT2D eigenvalue weighted by Gasteiger charge is 2.29. The summed E-state index contributed by atoms with van der Waals surface area (Å²) in [7, 11) is 0.